The fraction of sp³-hybridized carbons (Fsp3) is 0.321. The van der Waals surface area contributed by atoms with Crippen molar-refractivity contribution in [3.63, 3.8) is 0 Å². The third-order valence-corrected chi connectivity index (χ3v) is 6.27. The molecule has 1 aliphatic heterocycles. The van der Waals surface area contributed by atoms with Gasteiger partial charge in [-0.3, -0.25) is 4.90 Å². The molecular formula is C28H31N3O2. The minimum absolute atomic E-state index is 0.0979. The van der Waals surface area contributed by atoms with Crippen molar-refractivity contribution >= 4 is 5.69 Å². The summed E-state index contributed by atoms with van der Waals surface area (Å²) in [4.78, 5) is 5.00. The molecule has 0 spiro atoms. The monoisotopic (exact) mass is 441 g/mol. The number of hydrogen-bond donors (Lipinski definition) is 0. The summed E-state index contributed by atoms with van der Waals surface area (Å²) in [6.45, 7) is 7.27. The van der Waals surface area contributed by atoms with Crippen molar-refractivity contribution in [2.24, 2.45) is 0 Å². The summed E-state index contributed by atoms with van der Waals surface area (Å²) in [7, 11) is 1.67. The standard InChI is InChI=1S/C28H31N3O2/c1-22-6-3-4-9-27(22)31-18-16-30(17-19-31)15-14-28(24-10-12-25(32-2)13-11-24)33-26-8-5-7-23(20-26)21-29/h3-13,20,28H,14-19H2,1-2H3. The molecule has 1 unspecified atom stereocenters. The van der Waals surface area contributed by atoms with Crippen LogP contribution in [0.4, 0.5) is 5.69 Å². The van der Waals surface area contributed by atoms with E-state index in [-0.39, 0.29) is 6.10 Å². The zero-order valence-electron chi connectivity index (χ0n) is 19.4. The van der Waals surface area contributed by atoms with Gasteiger partial charge in [0.2, 0.25) is 0 Å². The number of rotatable bonds is 8. The number of anilines is 1. The van der Waals surface area contributed by atoms with Gasteiger partial charge in [0.05, 0.1) is 18.7 Å². The third-order valence-electron chi connectivity index (χ3n) is 6.27. The van der Waals surface area contributed by atoms with Gasteiger partial charge in [-0.15, -0.1) is 0 Å². The van der Waals surface area contributed by atoms with Crippen LogP contribution in [-0.4, -0.2) is 44.7 Å². The molecule has 0 N–H and O–H groups in total. The minimum atomic E-state index is -0.0979. The predicted molar refractivity (Wildman–Crippen MR) is 132 cm³/mol. The largest absolute Gasteiger partial charge is 0.497 e. The molecule has 1 heterocycles. The average molecular weight is 442 g/mol. The fourth-order valence-electron chi connectivity index (χ4n) is 4.35. The molecule has 3 aromatic rings. The molecule has 170 valence electrons. The summed E-state index contributed by atoms with van der Waals surface area (Å²) in [5.74, 6) is 1.55. The van der Waals surface area contributed by atoms with E-state index in [1.165, 1.54) is 11.3 Å². The number of benzene rings is 3. The van der Waals surface area contributed by atoms with Gasteiger partial charge in [-0.05, 0) is 54.4 Å². The summed E-state index contributed by atoms with van der Waals surface area (Å²) < 4.78 is 11.7. The fourth-order valence-corrected chi connectivity index (χ4v) is 4.35. The lowest BCUT2D eigenvalue weighted by Crippen LogP contribution is -2.47. The molecule has 3 aromatic carbocycles. The van der Waals surface area contributed by atoms with Crippen LogP contribution in [0.5, 0.6) is 11.5 Å². The van der Waals surface area contributed by atoms with E-state index in [2.05, 4.69) is 59.2 Å². The van der Waals surface area contributed by atoms with Gasteiger partial charge in [0.1, 0.15) is 17.6 Å². The van der Waals surface area contributed by atoms with Crippen LogP contribution in [0.15, 0.2) is 72.8 Å². The van der Waals surface area contributed by atoms with Crippen molar-refractivity contribution in [3.05, 3.63) is 89.5 Å². The van der Waals surface area contributed by atoms with Crippen molar-refractivity contribution in [2.45, 2.75) is 19.4 Å². The molecule has 1 aliphatic rings. The smallest absolute Gasteiger partial charge is 0.125 e. The zero-order valence-corrected chi connectivity index (χ0v) is 19.4. The van der Waals surface area contributed by atoms with Crippen LogP contribution in [0, 0.1) is 18.3 Å². The topological polar surface area (TPSA) is 48.7 Å². The molecular weight excluding hydrogens is 410 g/mol. The normalized spacial score (nSPS) is 15.0. The lowest BCUT2D eigenvalue weighted by molar-refractivity contribution is 0.160. The van der Waals surface area contributed by atoms with E-state index in [1.807, 2.05) is 24.3 Å². The number of para-hydroxylation sites is 1. The van der Waals surface area contributed by atoms with E-state index >= 15 is 0 Å². The zero-order chi connectivity index (χ0) is 23.0. The van der Waals surface area contributed by atoms with E-state index in [0.29, 0.717) is 5.56 Å². The van der Waals surface area contributed by atoms with Crippen molar-refractivity contribution < 1.29 is 9.47 Å². The summed E-state index contributed by atoms with van der Waals surface area (Å²) in [6, 6.07) is 26.2. The van der Waals surface area contributed by atoms with Gasteiger partial charge in [0.25, 0.3) is 0 Å². The van der Waals surface area contributed by atoms with Crippen molar-refractivity contribution in [1.82, 2.24) is 4.90 Å². The van der Waals surface area contributed by atoms with Gasteiger partial charge in [0.15, 0.2) is 0 Å². The molecule has 0 saturated carbocycles. The maximum absolute atomic E-state index is 9.24. The van der Waals surface area contributed by atoms with E-state index in [1.54, 1.807) is 19.2 Å². The molecule has 5 heteroatoms. The van der Waals surface area contributed by atoms with Gasteiger partial charge in [-0.25, -0.2) is 0 Å². The Morgan fingerprint density at radius 1 is 0.909 bits per heavy atom. The van der Waals surface area contributed by atoms with Gasteiger partial charge in [-0.2, -0.15) is 5.26 Å². The van der Waals surface area contributed by atoms with Gasteiger partial charge >= 0.3 is 0 Å². The van der Waals surface area contributed by atoms with Gasteiger partial charge in [0, 0.05) is 44.8 Å². The lowest BCUT2D eigenvalue weighted by Gasteiger charge is -2.37. The van der Waals surface area contributed by atoms with Crippen LogP contribution < -0.4 is 14.4 Å². The van der Waals surface area contributed by atoms with Crippen molar-refractivity contribution in [2.75, 3.05) is 44.7 Å². The molecule has 4 rings (SSSR count). The lowest BCUT2D eigenvalue weighted by atomic mass is 10.1. The average Bonchev–Trinajstić information content (AvgIpc) is 2.87. The molecule has 0 aromatic heterocycles. The molecule has 1 saturated heterocycles. The Labute approximate surface area is 196 Å². The Morgan fingerprint density at radius 2 is 1.67 bits per heavy atom. The number of methoxy groups -OCH3 is 1. The number of piperazine rings is 1. The summed E-state index contributed by atoms with van der Waals surface area (Å²) >= 11 is 0. The van der Waals surface area contributed by atoms with Crippen molar-refractivity contribution in [3.8, 4) is 17.6 Å². The highest BCUT2D eigenvalue weighted by Crippen LogP contribution is 2.28. The van der Waals surface area contributed by atoms with Crippen LogP contribution >= 0.6 is 0 Å². The first-order valence-corrected chi connectivity index (χ1v) is 11.5. The molecule has 0 amide bonds. The first-order chi connectivity index (χ1) is 16.2. The summed E-state index contributed by atoms with van der Waals surface area (Å²) in [6.07, 6.45) is 0.771. The molecule has 0 aliphatic carbocycles. The van der Waals surface area contributed by atoms with E-state index in [9.17, 15) is 5.26 Å². The number of nitriles is 1. The molecule has 33 heavy (non-hydrogen) atoms. The Balaban J connectivity index is 1.41. The summed E-state index contributed by atoms with van der Waals surface area (Å²) in [5.41, 5.74) is 4.39. The second-order valence-electron chi connectivity index (χ2n) is 8.42. The van der Waals surface area contributed by atoms with Crippen molar-refractivity contribution in [1.29, 1.82) is 5.26 Å². The number of nitrogens with zero attached hydrogens (tertiary/aromatic N) is 3. The Bertz CT molecular complexity index is 1080. The molecule has 0 bridgehead atoms. The predicted octanol–water partition coefficient (Wildman–Crippen LogP) is 5.21. The third kappa shape index (κ3) is 5.85. The number of hydrogen-bond acceptors (Lipinski definition) is 5. The molecule has 1 atom stereocenters. The maximum atomic E-state index is 9.24. The van der Waals surface area contributed by atoms with Crippen LogP contribution in [0.3, 0.4) is 0 Å². The van der Waals surface area contributed by atoms with Crippen LogP contribution in [0.25, 0.3) is 0 Å². The first kappa shape index (κ1) is 22.7. The highest BCUT2D eigenvalue weighted by molar-refractivity contribution is 5.53. The highest BCUT2D eigenvalue weighted by atomic mass is 16.5. The van der Waals surface area contributed by atoms with E-state index in [4.69, 9.17) is 9.47 Å². The summed E-state index contributed by atoms with van der Waals surface area (Å²) in [5, 5.41) is 9.24. The minimum Gasteiger partial charge on any atom is -0.497 e. The first-order valence-electron chi connectivity index (χ1n) is 11.5. The number of aryl methyl sites for hydroxylation is 1. The molecule has 0 radical (unpaired) electrons. The quantitative estimate of drug-likeness (QED) is 0.480. The SMILES string of the molecule is COc1ccc(C(CCN2CCN(c3ccccc3C)CC2)Oc2cccc(C#N)c2)cc1. The van der Waals surface area contributed by atoms with Crippen LogP contribution in [0.1, 0.15) is 29.2 Å². The van der Waals surface area contributed by atoms with E-state index in [0.717, 1.165) is 56.2 Å². The second kappa shape index (κ2) is 10.9. The maximum Gasteiger partial charge on any atom is 0.125 e. The number of ether oxygens (including phenoxy) is 2. The van der Waals surface area contributed by atoms with Gasteiger partial charge in [-0.1, -0.05) is 36.4 Å². The van der Waals surface area contributed by atoms with Gasteiger partial charge < -0.3 is 14.4 Å². The molecule has 1 fully saturated rings. The Hall–Kier alpha value is -3.49. The molecule has 5 nitrogen and oxygen atoms in total. The highest BCUT2D eigenvalue weighted by Gasteiger charge is 2.21. The Morgan fingerprint density at radius 3 is 2.36 bits per heavy atom. The van der Waals surface area contributed by atoms with Crippen LogP contribution in [-0.2, 0) is 0 Å². The van der Waals surface area contributed by atoms with E-state index < -0.39 is 0 Å². The second-order valence-corrected chi connectivity index (χ2v) is 8.42. The van der Waals surface area contributed by atoms with Crippen LogP contribution in [0.2, 0.25) is 0 Å². The Kier molecular flexibility index (Phi) is 7.49.